The molecular weight excluding hydrogens is 334 g/mol. The highest BCUT2D eigenvalue weighted by atomic mass is 16.1. The van der Waals surface area contributed by atoms with Crippen molar-refractivity contribution in [3.05, 3.63) is 59.4 Å². The van der Waals surface area contributed by atoms with E-state index in [1.165, 1.54) is 32.1 Å². The highest BCUT2D eigenvalue weighted by Crippen LogP contribution is 2.34. The van der Waals surface area contributed by atoms with Crippen molar-refractivity contribution in [1.82, 2.24) is 9.55 Å². The minimum atomic E-state index is 0.000197. The van der Waals surface area contributed by atoms with Crippen LogP contribution >= 0.6 is 0 Å². The van der Waals surface area contributed by atoms with Gasteiger partial charge in [0.25, 0.3) is 0 Å². The number of aromatic nitrogens is 2. The lowest BCUT2D eigenvalue weighted by molar-refractivity contribution is -0.116. The molecule has 1 saturated carbocycles. The first-order valence-electron chi connectivity index (χ1n) is 9.93. The molecule has 4 nitrogen and oxygen atoms in total. The summed E-state index contributed by atoms with van der Waals surface area (Å²) in [6.45, 7) is 4.40. The third kappa shape index (κ3) is 3.90. The molecule has 0 unspecified atom stereocenters. The zero-order chi connectivity index (χ0) is 18.8. The molecule has 1 aliphatic carbocycles. The number of hydrogen-bond acceptors (Lipinski definition) is 2. The smallest absolute Gasteiger partial charge is 0.244 e. The number of hydrogen-bond donors (Lipinski definition) is 1. The second-order valence-corrected chi connectivity index (χ2v) is 7.80. The fourth-order valence-electron chi connectivity index (χ4n) is 4.32. The van der Waals surface area contributed by atoms with Crippen LogP contribution in [0.1, 0.15) is 55.0 Å². The van der Waals surface area contributed by atoms with E-state index in [4.69, 9.17) is 4.98 Å². The molecule has 0 spiro atoms. The van der Waals surface area contributed by atoms with Crippen molar-refractivity contribution in [2.45, 2.75) is 58.4 Å². The minimum Gasteiger partial charge on any atom is -0.325 e. The average molecular weight is 361 g/mol. The number of rotatable bonds is 4. The molecule has 0 aliphatic heterocycles. The van der Waals surface area contributed by atoms with Gasteiger partial charge in [-0.1, -0.05) is 37.5 Å². The second-order valence-electron chi connectivity index (χ2n) is 7.80. The molecule has 2 aromatic carbocycles. The van der Waals surface area contributed by atoms with E-state index in [9.17, 15) is 4.79 Å². The SMILES string of the molecule is Cc1cc(C)cc(NC(=O)Cn2c(C3CCCCC3)nc3ccccc32)c1. The maximum Gasteiger partial charge on any atom is 0.244 e. The maximum atomic E-state index is 12.8. The van der Waals surface area contributed by atoms with Gasteiger partial charge in [0.15, 0.2) is 0 Å². The van der Waals surface area contributed by atoms with Gasteiger partial charge >= 0.3 is 0 Å². The molecule has 1 aromatic heterocycles. The van der Waals surface area contributed by atoms with Crippen molar-refractivity contribution in [1.29, 1.82) is 0 Å². The first-order chi connectivity index (χ1) is 13.1. The van der Waals surface area contributed by atoms with Crippen LogP contribution in [0.5, 0.6) is 0 Å². The summed E-state index contributed by atoms with van der Waals surface area (Å²) in [4.78, 5) is 17.7. The third-order valence-corrected chi connectivity index (χ3v) is 5.46. The molecule has 1 amide bonds. The summed E-state index contributed by atoms with van der Waals surface area (Å²) in [5.41, 5.74) is 5.20. The van der Waals surface area contributed by atoms with Gasteiger partial charge in [-0.15, -0.1) is 0 Å². The van der Waals surface area contributed by atoms with Gasteiger partial charge in [-0.3, -0.25) is 4.79 Å². The van der Waals surface area contributed by atoms with Crippen LogP contribution in [0, 0.1) is 13.8 Å². The molecule has 27 heavy (non-hydrogen) atoms. The Labute approximate surface area is 160 Å². The van der Waals surface area contributed by atoms with Crippen molar-refractivity contribution >= 4 is 22.6 Å². The summed E-state index contributed by atoms with van der Waals surface area (Å²) in [6.07, 6.45) is 6.15. The Morgan fingerprint density at radius 3 is 2.52 bits per heavy atom. The van der Waals surface area contributed by atoms with Gasteiger partial charge in [-0.2, -0.15) is 0 Å². The number of carbonyl (C=O) groups is 1. The number of nitrogens with one attached hydrogen (secondary N) is 1. The molecule has 1 heterocycles. The van der Waals surface area contributed by atoms with Crippen molar-refractivity contribution in [2.24, 2.45) is 0 Å². The van der Waals surface area contributed by atoms with Gasteiger partial charge < -0.3 is 9.88 Å². The Balaban J connectivity index is 1.62. The molecule has 1 fully saturated rings. The molecule has 0 atom stereocenters. The monoisotopic (exact) mass is 361 g/mol. The summed E-state index contributed by atoms with van der Waals surface area (Å²) in [6, 6.07) is 14.3. The van der Waals surface area contributed by atoms with E-state index in [1.54, 1.807) is 0 Å². The molecule has 3 aromatic rings. The quantitative estimate of drug-likeness (QED) is 0.682. The van der Waals surface area contributed by atoms with Gasteiger partial charge in [0, 0.05) is 11.6 Å². The molecule has 0 radical (unpaired) electrons. The van der Waals surface area contributed by atoms with Gasteiger partial charge in [0.1, 0.15) is 12.4 Å². The van der Waals surface area contributed by atoms with Crippen LogP contribution in [0.15, 0.2) is 42.5 Å². The second kappa shape index (κ2) is 7.55. The van der Waals surface area contributed by atoms with Crippen LogP contribution in [0.4, 0.5) is 5.69 Å². The molecule has 0 saturated heterocycles. The predicted octanol–water partition coefficient (Wildman–Crippen LogP) is 5.34. The van der Waals surface area contributed by atoms with E-state index in [0.717, 1.165) is 33.7 Å². The predicted molar refractivity (Wildman–Crippen MR) is 110 cm³/mol. The Hall–Kier alpha value is -2.62. The van der Waals surface area contributed by atoms with E-state index in [2.05, 4.69) is 22.0 Å². The fraction of sp³-hybridized carbons (Fsp3) is 0.391. The van der Waals surface area contributed by atoms with Crippen molar-refractivity contribution < 1.29 is 4.79 Å². The topological polar surface area (TPSA) is 46.9 Å². The van der Waals surface area contributed by atoms with E-state index >= 15 is 0 Å². The highest BCUT2D eigenvalue weighted by molar-refractivity contribution is 5.92. The number of amides is 1. The number of benzene rings is 2. The maximum absolute atomic E-state index is 12.8. The van der Waals surface area contributed by atoms with Gasteiger partial charge in [0.05, 0.1) is 11.0 Å². The molecule has 1 aliphatic rings. The normalized spacial score (nSPS) is 15.2. The first kappa shape index (κ1) is 17.8. The Morgan fingerprint density at radius 2 is 1.78 bits per heavy atom. The van der Waals surface area contributed by atoms with Gasteiger partial charge in [0.2, 0.25) is 5.91 Å². The summed E-state index contributed by atoms with van der Waals surface area (Å²) >= 11 is 0. The highest BCUT2D eigenvalue weighted by Gasteiger charge is 2.23. The largest absolute Gasteiger partial charge is 0.325 e. The van der Waals surface area contributed by atoms with Crippen molar-refractivity contribution in [2.75, 3.05) is 5.32 Å². The summed E-state index contributed by atoms with van der Waals surface area (Å²) in [5, 5.41) is 3.07. The Bertz CT molecular complexity index is 947. The molecular formula is C23H27N3O. The summed E-state index contributed by atoms with van der Waals surface area (Å²) in [5.74, 6) is 1.53. The Kier molecular flexibility index (Phi) is 4.97. The summed E-state index contributed by atoms with van der Waals surface area (Å²) < 4.78 is 2.13. The van der Waals surface area contributed by atoms with Crippen molar-refractivity contribution in [3.8, 4) is 0 Å². The number of para-hydroxylation sites is 2. The number of carbonyl (C=O) groups excluding carboxylic acids is 1. The van der Waals surface area contributed by atoms with Crippen LogP contribution in [-0.4, -0.2) is 15.5 Å². The number of nitrogens with zero attached hydrogens (tertiary/aromatic N) is 2. The Morgan fingerprint density at radius 1 is 1.07 bits per heavy atom. The van der Waals surface area contributed by atoms with Gasteiger partial charge in [-0.25, -0.2) is 4.98 Å². The van der Waals surface area contributed by atoms with Crippen LogP contribution in [-0.2, 0) is 11.3 Å². The van der Waals surface area contributed by atoms with Gasteiger partial charge in [-0.05, 0) is 62.1 Å². The molecule has 4 rings (SSSR count). The number of imidazole rings is 1. The van der Waals surface area contributed by atoms with Crippen LogP contribution in [0.25, 0.3) is 11.0 Å². The van der Waals surface area contributed by atoms with E-state index < -0.39 is 0 Å². The number of aryl methyl sites for hydroxylation is 2. The zero-order valence-corrected chi connectivity index (χ0v) is 16.2. The van der Waals surface area contributed by atoms with E-state index in [-0.39, 0.29) is 5.91 Å². The van der Waals surface area contributed by atoms with Crippen LogP contribution < -0.4 is 5.32 Å². The lowest BCUT2D eigenvalue weighted by atomic mass is 9.88. The first-order valence-corrected chi connectivity index (χ1v) is 9.93. The molecule has 0 bridgehead atoms. The molecule has 4 heteroatoms. The van der Waals surface area contributed by atoms with E-state index in [0.29, 0.717) is 12.5 Å². The lowest BCUT2D eigenvalue weighted by Crippen LogP contribution is -2.22. The van der Waals surface area contributed by atoms with Crippen molar-refractivity contribution in [3.63, 3.8) is 0 Å². The average Bonchev–Trinajstić information content (AvgIpc) is 3.00. The molecule has 1 N–H and O–H groups in total. The van der Waals surface area contributed by atoms with Crippen LogP contribution in [0.3, 0.4) is 0 Å². The minimum absolute atomic E-state index is 0.000197. The lowest BCUT2D eigenvalue weighted by Gasteiger charge is -2.22. The zero-order valence-electron chi connectivity index (χ0n) is 16.2. The van der Waals surface area contributed by atoms with Crippen LogP contribution in [0.2, 0.25) is 0 Å². The number of anilines is 1. The standard InChI is InChI=1S/C23H27N3O/c1-16-12-17(2)14-19(13-16)24-22(27)15-26-21-11-7-6-10-20(21)25-23(26)18-8-4-3-5-9-18/h6-7,10-14,18H,3-5,8-9,15H2,1-2H3,(H,24,27). The third-order valence-electron chi connectivity index (χ3n) is 5.46. The summed E-state index contributed by atoms with van der Waals surface area (Å²) in [7, 11) is 0. The number of fused-ring (bicyclic) bond motifs is 1. The molecule has 140 valence electrons. The van der Waals surface area contributed by atoms with E-state index in [1.807, 2.05) is 44.2 Å². The fourth-order valence-corrected chi connectivity index (χ4v) is 4.32.